The number of nitrogens with zero attached hydrogens (tertiary/aromatic N) is 4. The van der Waals surface area contributed by atoms with E-state index in [2.05, 4.69) is 21.5 Å². The Labute approximate surface area is 122 Å². The van der Waals surface area contributed by atoms with E-state index in [-0.39, 0.29) is 6.61 Å². The molecule has 3 rings (SSSR count). The van der Waals surface area contributed by atoms with Gasteiger partial charge in [0.2, 0.25) is 5.95 Å². The lowest BCUT2D eigenvalue weighted by Gasteiger charge is -2.10. The van der Waals surface area contributed by atoms with Gasteiger partial charge in [0.25, 0.3) is 0 Å². The standard InChI is InChI=1S/C15H15N5O/c16-10-20-8-12-13(9-20)18-15(17-6-7-21)19-14(12)11-4-2-1-3-5-11/h1-5,21H,6-9H2,(H,17,18,19). The normalized spacial score (nSPS) is 12.9. The van der Waals surface area contributed by atoms with Gasteiger partial charge in [0, 0.05) is 17.7 Å². The molecule has 2 aromatic rings. The molecule has 0 bridgehead atoms. The number of hydrogen-bond acceptors (Lipinski definition) is 6. The Balaban J connectivity index is 2.06. The predicted octanol–water partition coefficient (Wildman–Crippen LogP) is 1.34. The maximum atomic E-state index is 9.09. The minimum atomic E-state index is 0.0193. The van der Waals surface area contributed by atoms with Crippen LogP contribution < -0.4 is 5.32 Å². The van der Waals surface area contributed by atoms with E-state index in [0.29, 0.717) is 25.6 Å². The first-order valence-corrected chi connectivity index (χ1v) is 6.76. The van der Waals surface area contributed by atoms with Gasteiger partial charge in [-0.1, -0.05) is 30.3 Å². The highest BCUT2D eigenvalue weighted by Crippen LogP contribution is 2.30. The zero-order valence-electron chi connectivity index (χ0n) is 11.5. The number of nitrogens with one attached hydrogen (secondary N) is 1. The summed E-state index contributed by atoms with van der Waals surface area (Å²) in [4.78, 5) is 10.7. The molecule has 0 saturated carbocycles. The quantitative estimate of drug-likeness (QED) is 0.823. The zero-order chi connectivity index (χ0) is 14.7. The molecule has 21 heavy (non-hydrogen) atoms. The maximum absolute atomic E-state index is 9.09. The molecule has 1 aromatic heterocycles. The van der Waals surface area contributed by atoms with Crippen LogP contribution in [0.15, 0.2) is 30.3 Å². The highest BCUT2D eigenvalue weighted by atomic mass is 16.3. The van der Waals surface area contributed by atoms with Gasteiger partial charge in [-0.3, -0.25) is 0 Å². The number of fused-ring (bicyclic) bond motifs is 1. The molecule has 6 nitrogen and oxygen atoms in total. The van der Waals surface area contributed by atoms with Crippen LogP contribution >= 0.6 is 0 Å². The lowest BCUT2D eigenvalue weighted by atomic mass is 10.1. The van der Waals surface area contributed by atoms with Crippen LogP contribution in [0.2, 0.25) is 0 Å². The van der Waals surface area contributed by atoms with E-state index >= 15 is 0 Å². The first-order valence-electron chi connectivity index (χ1n) is 6.76. The van der Waals surface area contributed by atoms with Crippen molar-refractivity contribution in [1.29, 1.82) is 5.26 Å². The number of anilines is 1. The van der Waals surface area contributed by atoms with E-state index < -0.39 is 0 Å². The van der Waals surface area contributed by atoms with Gasteiger partial charge in [-0.2, -0.15) is 5.26 Å². The molecule has 0 unspecified atom stereocenters. The van der Waals surface area contributed by atoms with Crippen LogP contribution in [-0.2, 0) is 13.1 Å². The first-order chi connectivity index (χ1) is 10.3. The average Bonchev–Trinajstić information content (AvgIpc) is 2.96. The fraction of sp³-hybridized carbons (Fsp3) is 0.267. The second-order valence-electron chi connectivity index (χ2n) is 4.79. The number of benzene rings is 1. The average molecular weight is 281 g/mol. The Bertz CT molecular complexity index is 680. The molecule has 0 amide bonds. The van der Waals surface area contributed by atoms with Crippen LogP contribution in [0.5, 0.6) is 0 Å². The van der Waals surface area contributed by atoms with Crippen molar-refractivity contribution in [3.63, 3.8) is 0 Å². The molecule has 0 radical (unpaired) electrons. The molecule has 1 aliphatic heterocycles. The number of hydrogen-bond donors (Lipinski definition) is 2. The summed E-state index contributed by atoms with van der Waals surface area (Å²) in [5, 5.41) is 21.0. The van der Waals surface area contributed by atoms with Crippen LogP contribution in [0.3, 0.4) is 0 Å². The number of aromatic nitrogens is 2. The monoisotopic (exact) mass is 281 g/mol. The second kappa shape index (κ2) is 5.77. The summed E-state index contributed by atoms with van der Waals surface area (Å²) >= 11 is 0. The Morgan fingerprint density at radius 2 is 2.05 bits per heavy atom. The van der Waals surface area contributed by atoms with Crippen molar-refractivity contribution in [3.8, 4) is 17.5 Å². The molecular weight excluding hydrogens is 266 g/mol. The van der Waals surface area contributed by atoms with Crippen LogP contribution in [0.1, 0.15) is 11.3 Å². The molecule has 0 saturated heterocycles. The van der Waals surface area contributed by atoms with Crippen molar-refractivity contribution in [1.82, 2.24) is 14.9 Å². The van der Waals surface area contributed by atoms with Gasteiger partial charge in [-0.15, -0.1) is 0 Å². The van der Waals surface area contributed by atoms with E-state index in [1.807, 2.05) is 30.3 Å². The van der Waals surface area contributed by atoms with Gasteiger partial charge in [0.1, 0.15) is 0 Å². The molecule has 1 aliphatic rings. The largest absolute Gasteiger partial charge is 0.395 e. The van der Waals surface area contributed by atoms with Crippen molar-refractivity contribution in [3.05, 3.63) is 41.6 Å². The summed E-state index contributed by atoms with van der Waals surface area (Å²) in [6, 6.07) is 9.86. The van der Waals surface area contributed by atoms with Gasteiger partial charge < -0.3 is 15.3 Å². The lowest BCUT2D eigenvalue weighted by molar-refractivity contribution is 0.311. The molecule has 0 aliphatic carbocycles. The fourth-order valence-electron chi connectivity index (χ4n) is 2.41. The summed E-state index contributed by atoms with van der Waals surface area (Å²) in [7, 11) is 0. The van der Waals surface area contributed by atoms with Crippen LogP contribution in [-0.4, -0.2) is 33.1 Å². The third kappa shape index (κ3) is 2.64. The lowest BCUT2D eigenvalue weighted by Crippen LogP contribution is -2.11. The molecule has 1 aromatic carbocycles. The van der Waals surface area contributed by atoms with Crippen molar-refractivity contribution < 1.29 is 5.11 Å². The highest BCUT2D eigenvalue weighted by Gasteiger charge is 2.25. The molecule has 2 N–H and O–H groups in total. The van der Waals surface area contributed by atoms with E-state index in [1.165, 1.54) is 0 Å². The smallest absolute Gasteiger partial charge is 0.223 e. The Kier molecular flexibility index (Phi) is 3.67. The van der Waals surface area contributed by atoms with E-state index in [4.69, 9.17) is 10.4 Å². The maximum Gasteiger partial charge on any atom is 0.223 e. The van der Waals surface area contributed by atoms with Crippen molar-refractivity contribution >= 4 is 5.95 Å². The third-order valence-electron chi connectivity index (χ3n) is 3.37. The molecular formula is C15H15N5O. The first kappa shape index (κ1) is 13.3. The summed E-state index contributed by atoms with van der Waals surface area (Å²) in [6.07, 6.45) is 2.16. The third-order valence-corrected chi connectivity index (χ3v) is 3.37. The minimum absolute atomic E-state index is 0.0193. The van der Waals surface area contributed by atoms with Gasteiger partial charge in [-0.25, -0.2) is 9.97 Å². The summed E-state index contributed by atoms with van der Waals surface area (Å²) in [5.74, 6) is 0.487. The van der Waals surface area contributed by atoms with Crippen molar-refractivity contribution in [2.24, 2.45) is 0 Å². The van der Waals surface area contributed by atoms with Gasteiger partial charge in [0.15, 0.2) is 6.19 Å². The molecule has 2 heterocycles. The fourth-order valence-corrected chi connectivity index (χ4v) is 2.41. The van der Waals surface area contributed by atoms with Gasteiger partial charge in [0.05, 0.1) is 31.1 Å². The minimum Gasteiger partial charge on any atom is -0.395 e. The van der Waals surface area contributed by atoms with E-state index in [1.54, 1.807) is 4.90 Å². The van der Waals surface area contributed by atoms with E-state index in [0.717, 1.165) is 22.5 Å². The SMILES string of the molecule is N#CN1Cc2nc(NCCO)nc(-c3ccccc3)c2C1. The second-order valence-corrected chi connectivity index (χ2v) is 4.79. The van der Waals surface area contributed by atoms with Crippen molar-refractivity contribution in [2.45, 2.75) is 13.1 Å². The summed E-state index contributed by atoms with van der Waals surface area (Å²) in [5.41, 5.74) is 3.71. The molecule has 6 heteroatoms. The Morgan fingerprint density at radius 3 is 2.76 bits per heavy atom. The number of aliphatic hydroxyl groups is 1. The van der Waals surface area contributed by atoms with Crippen LogP contribution in [0, 0.1) is 11.5 Å². The zero-order valence-corrected chi connectivity index (χ0v) is 11.5. The number of aliphatic hydroxyl groups excluding tert-OH is 1. The summed E-state index contributed by atoms with van der Waals surface area (Å²) < 4.78 is 0. The molecule has 106 valence electrons. The van der Waals surface area contributed by atoms with Crippen molar-refractivity contribution in [2.75, 3.05) is 18.5 Å². The van der Waals surface area contributed by atoms with Crippen LogP contribution in [0.4, 0.5) is 5.95 Å². The molecule has 0 atom stereocenters. The molecule has 0 fully saturated rings. The van der Waals surface area contributed by atoms with Gasteiger partial charge in [-0.05, 0) is 0 Å². The topological polar surface area (TPSA) is 85.1 Å². The van der Waals surface area contributed by atoms with Gasteiger partial charge >= 0.3 is 0 Å². The van der Waals surface area contributed by atoms with Crippen LogP contribution in [0.25, 0.3) is 11.3 Å². The Hall–Kier alpha value is -2.65. The predicted molar refractivity (Wildman–Crippen MR) is 77.9 cm³/mol. The Morgan fingerprint density at radius 1 is 1.24 bits per heavy atom. The molecule has 0 spiro atoms. The van der Waals surface area contributed by atoms with E-state index in [9.17, 15) is 0 Å². The number of rotatable bonds is 4. The highest BCUT2D eigenvalue weighted by molar-refractivity contribution is 5.66. The summed E-state index contributed by atoms with van der Waals surface area (Å²) in [6.45, 7) is 1.46. The number of nitriles is 1.